The molecule has 0 saturated carbocycles. The van der Waals surface area contributed by atoms with E-state index in [1.807, 2.05) is 6.21 Å². The van der Waals surface area contributed by atoms with Gasteiger partial charge in [0.1, 0.15) is 5.16 Å². The molecule has 8 rings (SSSR count). The normalized spacial score (nSPS) is 16.2. The first kappa shape index (κ1) is 47.2. The molecule has 5 heteroatoms. The second kappa shape index (κ2) is 25.1. The molecular formula is C60H70N4Si. The Bertz CT molecular complexity index is 2280. The highest BCUT2D eigenvalue weighted by Crippen LogP contribution is 2.61. The highest BCUT2D eigenvalue weighted by molar-refractivity contribution is 7.24. The molecule has 0 aromatic heterocycles. The molecule has 0 fully saturated rings. The summed E-state index contributed by atoms with van der Waals surface area (Å²) in [4.78, 5) is 0. The number of hydrogen-bond donors (Lipinski definition) is 1. The molecule has 1 atom stereocenters. The first-order valence-corrected chi connectivity index (χ1v) is 26.7. The molecule has 0 radical (unpaired) electrons. The number of benzene rings is 6. The zero-order valence-corrected chi connectivity index (χ0v) is 39.8. The van der Waals surface area contributed by atoms with Gasteiger partial charge in [-0.1, -0.05) is 285 Å². The van der Waals surface area contributed by atoms with Crippen LogP contribution in [-0.4, -0.2) is 20.8 Å². The Labute approximate surface area is 391 Å². The van der Waals surface area contributed by atoms with Gasteiger partial charge in [-0.2, -0.15) is 5.11 Å². The average molecular weight is 875 g/mol. The van der Waals surface area contributed by atoms with E-state index in [9.17, 15) is 0 Å². The van der Waals surface area contributed by atoms with Crippen molar-refractivity contribution < 1.29 is 0 Å². The van der Waals surface area contributed by atoms with Crippen LogP contribution in [0.3, 0.4) is 0 Å². The largest absolute Gasteiger partial charge is 0.330 e. The third-order valence-corrected chi connectivity index (χ3v) is 18.7. The van der Waals surface area contributed by atoms with E-state index in [2.05, 4.69) is 199 Å². The summed E-state index contributed by atoms with van der Waals surface area (Å²) >= 11 is 0. The summed E-state index contributed by atoms with van der Waals surface area (Å²) in [5, 5.41) is 17.3. The van der Waals surface area contributed by atoms with E-state index in [4.69, 9.17) is 10.8 Å². The van der Waals surface area contributed by atoms with Gasteiger partial charge in [-0.05, 0) is 72.7 Å². The van der Waals surface area contributed by atoms with E-state index >= 15 is 0 Å². The standard InChI is InChI=1S/C42H31N3Si.C18H39N/c1-7-19-32(20-8-1)38-39(33-21-9-2-10-22-33)41(35-25-13-4-14-26-35)46(37-29-17-6-18-30-37,40(38)34-23-11-3-12-24-34)42(31-43-45-44-42)36-27-15-5-16-28-36;1-2-3-4-5-6-7-8-9-10-11-12-13-14-15-16-17-18-19/h1-31H;2-19H2,1H3. The topological polar surface area (TPSA) is 63.1 Å². The monoisotopic (exact) mass is 875 g/mol. The molecule has 2 N–H and O–H groups in total. The molecule has 4 nitrogen and oxygen atoms in total. The van der Waals surface area contributed by atoms with Crippen molar-refractivity contribution in [1.29, 1.82) is 0 Å². The zero-order chi connectivity index (χ0) is 44.8. The molecule has 0 bridgehead atoms. The van der Waals surface area contributed by atoms with Crippen LogP contribution >= 0.6 is 0 Å². The fraction of sp³-hybridized carbons (Fsp3) is 0.317. The van der Waals surface area contributed by atoms with Crippen molar-refractivity contribution in [3.63, 3.8) is 0 Å². The van der Waals surface area contributed by atoms with Gasteiger partial charge in [-0.15, -0.1) is 5.10 Å². The SMILES string of the molecule is C1=NN=NC1(c1ccccc1)[Si]1(c2ccccc2)C(c2ccccc2)=C(c2ccccc2)C(c2ccccc2)=C1c1ccccc1.CCCCCCCCCCCCCCCCCCN. The van der Waals surface area contributed by atoms with Gasteiger partial charge in [0.15, 0.2) is 8.07 Å². The first-order valence-electron chi connectivity index (χ1n) is 24.7. The van der Waals surface area contributed by atoms with Crippen LogP contribution in [0.25, 0.3) is 21.5 Å². The lowest BCUT2D eigenvalue weighted by molar-refractivity contribution is 0.530. The predicted molar refractivity (Wildman–Crippen MR) is 281 cm³/mol. The summed E-state index contributed by atoms with van der Waals surface area (Å²) in [6, 6.07) is 65.3. The second-order valence-corrected chi connectivity index (χ2v) is 21.6. The number of allylic oxidation sites excluding steroid dienone is 2. The molecule has 2 aliphatic rings. The van der Waals surface area contributed by atoms with Gasteiger partial charge >= 0.3 is 0 Å². The lowest BCUT2D eigenvalue weighted by atomic mass is 9.89. The summed E-state index contributed by atoms with van der Waals surface area (Å²) in [6.07, 6.45) is 24.9. The van der Waals surface area contributed by atoms with Crippen LogP contribution in [-0.2, 0) is 5.16 Å². The Morgan fingerprint density at radius 2 is 0.738 bits per heavy atom. The summed E-state index contributed by atoms with van der Waals surface area (Å²) in [5.74, 6) is 0. The number of unbranched alkanes of at least 4 members (excludes halogenated alkanes) is 15. The average Bonchev–Trinajstić information content (AvgIpc) is 4.01. The summed E-state index contributed by atoms with van der Waals surface area (Å²) in [7, 11) is -3.35. The van der Waals surface area contributed by atoms with E-state index in [0.29, 0.717) is 0 Å². The quantitative estimate of drug-likeness (QED) is 0.0506. The van der Waals surface area contributed by atoms with Gasteiger partial charge in [0.25, 0.3) is 0 Å². The van der Waals surface area contributed by atoms with Crippen LogP contribution in [0.2, 0.25) is 0 Å². The lowest BCUT2D eigenvalue weighted by Gasteiger charge is -2.45. The Hall–Kier alpha value is -5.75. The molecule has 1 unspecified atom stereocenters. The van der Waals surface area contributed by atoms with Crippen molar-refractivity contribution in [2.45, 2.75) is 115 Å². The summed E-state index contributed by atoms with van der Waals surface area (Å²) < 4.78 is 0. The van der Waals surface area contributed by atoms with Gasteiger partial charge in [0, 0.05) is 0 Å². The van der Waals surface area contributed by atoms with Crippen molar-refractivity contribution in [2.75, 3.05) is 6.54 Å². The molecule has 0 amide bonds. The van der Waals surface area contributed by atoms with Crippen LogP contribution in [0.15, 0.2) is 197 Å². The minimum Gasteiger partial charge on any atom is -0.330 e. The minimum atomic E-state index is -3.35. The van der Waals surface area contributed by atoms with Crippen molar-refractivity contribution in [2.24, 2.45) is 21.2 Å². The number of hydrogen-bond acceptors (Lipinski definition) is 4. The molecule has 2 heterocycles. The van der Waals surface area contributed by atoms with Crippen LogP contribution in [0.5, 0.6) is 0 Å². The number of nitrogens with zero attached hydrogens (tertiary/aromatic N) is 3. The van der Waals surface area contributed by atoms with Crippen LogP contribution in [0.1, 0.15) is 137 Å². The Kier molecular flexibility index (Phi) is 18.2. The van der Waals surface area contributed by atoms with E-state index in [0.717, 1.165) is 12.1 Å². The second-order valence-electron chi connectivity index (χ2n) is 17.7. The van der Waals surface area contributed by atoms with Crippen LogP contribution in [0.4, 0.5) is 0 Å². The molecule has 0 saturated heterocycles. The van der Waals surface area contributed by atoms with Gasteiger partial charge < -0.3 is 5.73 Å². The van der Waals surface area contributed by atoms with Gasteiger partial charge in [-0.25, -0.2) is 0 Å². The van der Waals surface area contributed by atoms with E-state index in [-0.39, 0.29) is 0 Å². The van der Waals surface area contributed by atoms with E-state index in [1.165, 1.54) is 152 Å². The molecule has 6 aromatic carbocycles. The maximum Gasteiger partial charge on any atom is 0.195 e. The lowest BCUT2D eigenvalue weighted by Crippen LogP contribution is -2.65. The highest BCUT2D eigenvalue weighted by atomic mass is 28.3. The predicted octanol–water partition coefficient (Wildman–Crippen LogP) is 15.7. The van der Waals surface area contributed by atoms with Crippen molar-refractivity contribution in [1.82, 2.24) is 0 Å². The van der Waals surface area contributed by atoms with Crippen LogP contribution in [0, 0.1) is 0 Å². The maximum atomic E-state index is 5.48. The van der Waals surface area contributed by atoms with Crippen LogP contribution < -0.4 is 10.9 Å². The molecule has 0 aliphatic carbocycles. The third kappa shape index (κ3) is 11.2. The summed E-state index contributed by atoms with van der Waals surface area (Å²) in [6.45, 7) is 3.16. The maximum absolute atomic E-state index is 5.48. The smallest absolute Gasteiger partial charge is 0.195 e. The van der Waals surface area contributed by atoms with Crippen molar-refractivity contribution >= 4 is 41.0 Å². The van der Waals surface area contributed by atoms with Gasteiger partial charge in [-0.3, -0.25) is 0 Å². The molecular weight excluding hydrogens is 805 g/mol. The molecule has 334 valence electrons. The van der Waals surface area contributed by atoms with E-state index < -0.39 is 13.2 Å². The fourth-order valence-corrected chi connectivity index (χ4v) is 16.4. The number of rotatable bonds is 23. The molecule has 65 heavy (non-hydrogen) atoms. The molecule has 0 spiro atoms. The fourth-order valence-electron chi connectivity index (χ4n) is 10.2. The summed E-state index contributed by atoms with van der Waals surface area (Å²) in [5.41, 5.74) is 13.7. The van der Waals surface area contributed by atoms with Crippen molar-refractivity contribution in [3.05, 3.63) is 210 Å². The van der Waals surface area contributed by atoms with Crippen molar-refractivity contribution in [3.8, 4) is 0 Å². The third-order valence-electron chi connectivity index (χ3n) is 13.3. The number of nitrogens with two attached hydrogens (primary N) is 1. The van der Waals surface area contributed by atoms with Gasteiger partial charge in [0.2, 0.25) is 0 Å². The minimum absolute atomic E-state index is 0.872. The molecule has 6 aromatic rings. The zero-order valence-electron chi connectivity index (χ0n) is 38.8. The van der Waals surface area contributed by atoms with E-state index in [1.54, 1.807) is 0 Å². The first-order chi connectivity index (χ1) is 32.3. The molecule has 2 aliphatic heterocycles. The Morgan fingerprint density at radius 1 is 0.400 bits per heavy atom. The highest BCUT2D eigenvalue weighted by Gasteiger charge is 2.66. The Balaban J connectivity index is 0.000000282. The van der Waals surface area contributed by atoms with Gasteiger partial charge in [0.05, 0.1) is 6.21 Å². The Morgan fingerprint density at radius 3 is 1.09 bits per heavy atom.